The van der Waals surface area contributed by atoms with Crippen molar-refractivity contribution in [3.05, 3.63) is 0 Å². The smallest absolute Gasteiger partial charge is 0.315 e. The van der Waals surface area contributed by atoms with E-state index in [2.05, 4.69) is 31.4 Å². The molecule has 2 amide bonds. The van der Waals surface area contributed by atoms with Gasteiger partial charge in [-0.25, -0.2) is 4.79 Å². The van der Waals surface area contributed by atoms with Crippen LogP contribution >= 0.6 is 0 Å². The van der Waals surface area contributed by atoms with Crippen molar-refractivity contribution in [3.63, 3.8) is 0 Å². The van der Waals surface area contributed by atoms with Gasteiger partial charge < -0.3 is 15.4 Å². The van der Waals surface area contributed by atoms with Gasteiger partial charge in [-0.1, -0.05) is 78.6 Å². The molecule has 2 saturated carbocycles. The van der Waals surface area contributed by atoms with Crippen LogP contribution in [0.2, 0.25) is 0 Å². The van der Waals surface area contributed by atoms with Gasteiger partial charge >= 0.3 is 12.0 Å². The Bertz CT molecular complexity index is 578. The quantitative estimate of drug-likeness (QED) is 0.168. The predicted octanol–water partition coefficient (Wildman–Crippen LogP) is 7.52. The van der Waals surface area contributed by atoms with Crippen molar-refractivity contribution in [2.75, 3.05) is 13.2 Å². The molecule has 4 atom stereocenters. The van der Waals surface area contributed by atoms with Crippen molar-refractivity contribution in [1.82, 2.24) is 10.6 Å². The molecule has 2 fully saturated rings. The Kier molecular flexibility index (Phi) is 14.0. The van der Waals surface area contributed by atoms with Crippen molar-refractivity contribution in [1.29, 1.82) is 0 Å². The van der Waals surface area contributed by atoms with Gasteiger partial charge in [0.15, 0.2) is 0 Å². The third kappa shape index (κ3) is 11.4. The van der Waals surface area contributed by atoms with E-state index in [4.69, 9.17) is 4.74 Å². The van der Waals surface area contributed by atoms with Crippen LogP contribution in [0.15, 0.2) is 0 Å². The number of fused-ring (bicyclic) bond motifs is 2. The molecule has 34 heavy (non-hydrogen) atoms. The number of amides is 2. The largest absolute Gasteiger partial charge is 0.466 e. The molecule has 2 aliphatic rings. The minimum absolute atomic E-state index is 0.0308. The molecule has 0 aromatic rings. The second-order valence-corrected chi connectivity index (χ2v) is 11.5. The molecule has 0 aliphatic heterocycles. The highest BCUT2D eigenvalue weighted by molar-refractivity contribution is 5.74. The zero-order valence-corrected chi connectivity index (χ0v) is 22.6. The molecule has 4 unspecified atom stereocenters. The molecule has 0 aromatic carbocycles. The number of urea groups is 1. The number of nitrogens with one attached hydrogen (secondary N) is 2. The average Bonchev–Trinajstić information content (AvgIpc) is 2.78. The third-order valence-corrected chi connectivity index (χ3v) is 8.06. The number of ether oxygens (including phenoxy) is 1. The molecular formula is C29H54N2O3. The molecule has 0 aromatic heterocycles. The number of esters is 1. The molecule has 0 saturated heterocycles. The number of unbranched alkanes of at least 4 members (excludes halogenated alkanes) is 9. The molecule has 2 N–H and O–H groups in total. The van der Waals surface area contributed by atoms with Crippen LogP contribution < -0.4 is 10.6 Å². The standard InChI is InChI=1S/C29H54N2O3/c1-4-6-18-34-27(32)16-14-12-10-8-7-9-11-13-15-17-30-28(33)31-29-21-24(3)19-26(23-29)20-25(5-2)22-29/h24-26H,4-23H2,1-3H3,(H2,30,31,33). The lowest BCUT2D eigenvalue weighted by molar-refractivity contribution is -0.143. The van der Waals surface area contributed by atoms with Crippen molar-refractivity contribution < 1.29 is 14.3 Å². The third-order valence-electron chi connectivity index (χ3n) is 8.06. The molecular weight excluding hydrogens is 424 g/mol. The normalized spacial score (nSPS) is 26.1. The van der Waals surface area contributed by atoms with Gasteiger partial charge in [0.05, 0.1) is 6.61 Å². The summed E-state index contributed by atoms with van der Waals surface area (Å²) in [4.78, 5) is 24.2. The monoisotopic (exact) mass is 478 g/mol. The molecule has 2 bridgehead atoms. The second kappa shape index (κ2) is 16.4. The maximum Gasteiger partial charge on any atom is 0.315 e. The lowest BCUT2D eigenvalue weighted by atomic mass is 9.60. The zero-order valence-electron chi connectivity index (χ0n) is 22.6. The Labute approximate surface area is 209 Å². The summed E-state index contributed by atoms with van der Waals surface area (Å²) in [6, 6.07) is 0.0545. The summed E-state index contributed by atoms with van der Waals surface area (Å²) < 4.78 is 5.19. The van der Waals surface area contributed by atoms with E-state index in [-0.39, 0.29) is 17.5 Å². The average molecular weight is 479 g/mol. The summed E-state index contributed by atoms with van der Waals surface area (Å²) >= 11 is 0. The Morgan fingerprint density at radius 2 is 1.53 bits per heavy atom. The van der Waals surface area contributed by atoms with Crippen LogP contribution in [0.1, 0.15) is 136 Å². The first-order chi connectivity index (χ1) is 16.5. The summed E-state index contributed by atoms with van der Waals surface area (Å²) in [7, 11) is 0. The van der Waals surface area contributed by atoms with Crippen molar-refractivity contribution in [3.8, 4) is 0 Å². The fourth-order valence-electron chi connectivity index (χ4n) is 6.48. The highest BCUT2D eigenvalue weighted by atomic mass is 16.5. The number of carbonyl (C=O) groups excluding carboxylic acids is 2. The molecule has 5 nitrogen and oxygen atoms in total. The molecule has 0 heterocycles. The SMILES string of the molecule is CCCCOC(=O)CCCCCCCCCCCNC(=O)NC12CC(C)CC(CC(CC)C1)C2. The first-order valence-corrected chi connectivity index (χ1v) is 14.7. The first kappa shape index (κ1) is 29.0. The van der Waals surface area contributed by atoms with Gasteiger partial charge in [0.1, 0.15) is 0 Å². The van der Waals surface area contributed by atoms with E-state index >= 15 is 0 Å². The minimum atomic E-state index is -0.0308. The summed E-state index contributed by atoms with van der Waals surface area (Å²) in [5.74, 6) is 2.27. The highest BCUT2D eigenvalue weighted by Crippen LogP contribution is 2.48. The van der Waals surface area contributed by atoms with Crippen LogP contribution in [0, 0.1) is 17.8 Å². The molecule has 0 radical (unpaired) electrons. The van der Waals surface area contributed by atoms with Gasteiger partial charge in [-0.05, 0) is 69.1 Å². The topological polar surface area (TPSA) is 67.4 Å². The van der Waals surface area contributed by atoms with Crippen LogP contribution in [0.25, 0.3) is 0 Å². The van der Waals surface area contributed by atoms with E-state index in [1.807, 2.05) is 0 Å². The lowest BCUT2D eigenvalue weighted by Crippen LogP contribution is -2.58. The van der Waals surface area contributed by atoms with E-state index in [9.17, 15) is 9.59 Å². The summed E-state index contributed by atoms with van der Waals surface area (Å²) in [6.07, 6.45) is 20.6. The van der Waals surface area contributed by atoms with E-state index in [0.29, 0.717) is 13.0 Å². The number of hydrogen-bond donors (Lipinski definition) is 2. The van der Waals surface area contributed by atoms with Gasteiger partial charge in [-0.2, -0.15) is 0 Å². The zero-order chi connectivity index (χ0) is 24.7. The van der Waals surface area contributed by atoms with Crippen LogP contribution in [0.4, 0.5) is 4.79 Å². The van der Waals surface area contributed by atoms with Crippen LogP contribution in [0.3, 0.4) is 0 Å². The molecule has 198 valence electrons. The van der Waals surface area contributed by atoms with Gasteiger partial charge in [0, 0.05) is 18.5 Å². The van der Waals surface area contributed by atoms with Gasteiger partial charge in [0.25, 0.3) is 0 Å². The van der Waals surface area contributed by atoms with Crippen molar-refractivity contribution >= 4 is 12.0 Å². The van der Waals surface area contributed by atoms with Crippen molar-refractivity contribution in [2.45, 2.75) is 142 Å². The first-order valence-electron chi connectivity index (χ1n) is 14.7. The van der Waals surface area contributed by atoms with Gasteiger partial charge in [-0.15, -0.1) is 0 Å². The second-order valence-electron chi connectivity index (χ2n) is 11.5. The molecule has 2 aliphatic carbocycles. The van der Waals surface area contributed by atoms with Crippen LogP contribution in [-0.2, 0) is 9.53 Å². The number of rotatable bonds is 17. The minimum Gasteiger partial charge on any atom is -0.466 e. The molecule has 5 heteroatoms. The lowest BCUT2D eigenvalue weighted by Gasteiger charge is -2.50. The van der Waals surface area contributed by atoms with E-state index < -0.39 is 0 Å². The van der Waals surface area contributed by atoms with Gasteiger partial charge in [0.2, 0.25) is 0 Å². The fourth-order valence-corrected chi connectivity index (χ4v) is 6.48. The fraction of sp³-hybridized carbons (Fsp3) is 0.931. The Balaban J connectivity index is 1.43. The highest BCUT2D eigenvalue weighted by Gasteiger charge is 2.45. The Morgan fingerprint density at radius 1 is 0.853 bits per heavy atom. The molecule has 0 spiro atoms. The Hall–Kier alpha value is -1.26. The van der Waals surface area contributed by atoms with Crippen LogP contribution in [-0.4, -0.2) is 30.7 Å². The summed E-state index contributed by atoms with van der Waals surface area (Å²) in [6.45, 7) is 8.13. The molecule has 2 rings (SSSR count). The van der Waals surface area contributed by atoms with E-state index in [1.54, 1.807) is 0 Å². The van der Waals surface area contributed by atoms with E-state index in [0.717, 1.165) is 62.8 Å². The summed E-state index contributed by atoms with van der Waals surface area (Å²) in [5, 5.41) is 6.57. The van der Waals surface area contributed by atoms with Crippen LogP contribution in [0.5, 0.6) is 0 Å². The Morgan fingerprint density at radius 3 is 2.21 bits per heavy atom. The van der Waals surface area contributed by atoms with Crippen molar-refractivity contribution in [2.24, 2.45) is 17.8 Å². The maximum absolute atomic E-state index is 12.6. The van der Waals surface area contributed by atoms with Gasteiger partial charge in [-0.3, -0.25) is 4.79 Å². The number of hydrogen-bond acceptors (Lipinski definition) is 3. The van der Waals surface area contributed by atoms with E-state index in [1.165, 1.54) is 70.6 Å². The predicted molar refractivity (Wildman–Crippen MR) is 141 cm³/mol. The number of carbonyl (C=O) groups is 2. The summed E-state index contributed by atoms with van der Waals surface area (Å²) in [5.41, 5.74) is 0.0424. The maximum atomic E-state index is 12.6.